The van der Waals surface area contributed by atoms with Gasteiger partial charge in [-0.05, 0) is 77.8 Å². The fraction of sp³-hybridized carbons (Fsp3) is 0.417. The molecule has 1 amide bonds. The molecule has 3 aromatic heterocycles. The Morgan fingerprint density at radius 2 is 1.97 bits per heavy atom. The Kier molecular flexibility index (Phi) is 7.27. The third-order valence-corrected chi connectivity index (χ3v) is 8.96. The second-order valence-electron chi connectivity index (χ2n) is 8.38. The fourth-order valence-electron chi connectivity index (χ4n) is 4.43. The number of fused-ring (bicyclic) bond motifs is 1. The highest BCUT2D eigenvalue weighted by atomic mass is 79.9. The molecule has 0 aromatic carbocycles. The highest BCUT2D eigenvalue weighted by Gasteiger charge is 2.27. The number of nitrogens with one attached hydrogen (secondary N) is 1. The van der Waals surface area contributed by atoms with Crippen molar-refractivity contribution in [2.75, 3.05) is 0 Å². The lowest BCUT2D eigenvalue weighted by atomic mass is 9.93. The molecule has 1 saturated carbocycles. The summed E-state index contributed by atoms with van der Waals surface area (Å²) in [5.41, 5.74) is 1.97. The molecule has 5 rings (SSSR count). The minimum Gasteiger partial charge on any atom is -0.447 e. The van der Waals surface area contributed by atoms with Gasteiger partial charge in [-0.3, -0.25) is 4.79 Å². The summed E-state index contributed by atoms with van der Waals surface area (Å²) in [4.78, 5) is 27.8. The SMILES string of the molecule is O=C(NC1CCCCC1)c1c(N=Cc2cc(Br)c(Sc3ncccn3)o2)sc2c1CCCC2. The number of hydrogen-bond donors (Lipinski definition) is 1. The van der Waals surface area contributed by atoms with Crippen LogP contribution in [-0.4, -0.2) is 28.1 Å². The molecule has 6 nitrogen and oxygen atoms in total. The van der Waals surface area contributed by atoms with E-state index in [0.717, 1.165) is 47.1 Å². The predicted octanol–water partition coefficient (Wildman–Crippen LogP) is 6.74. The van der Waals surface area contributed by atoms with E-state index in [0.29, 0.717) is 16.0 Å². The molecule has 3 aromatic rings. The molecule has 0 unspecified atom stereocenters. The quantitative estimate of drug-likeness (QED) is 0.274. The Balaban J connectivity index is 1.38. The molecule has 0 aliphatic heterocycles. The van der Waals surface area contributed by atoms with Gasteiger partial charge < -0.3 is 9.73 Å². The molecular formula is C24H25BrN4O2S2. The van der Waals surface area contributed by atoms with Gasteiger partial charge in [0.25, 0.3) is 5.91 Å². The van der Waals surface area contributed by atoms with E-state index < -0.39 is 0 Å². The van der Waals surface area contributed by atoms with E-state index in [-0.39, 0.29) is 11.9 Å². The molecule has 0 bridgehead atoms. The number of carbonyl (C=O) groups is 1. The number of nitrogens with zero attached hydrogens (tertiary/aromatic N) is 3. The molecular weight excluding hydrogens is 520 g/mol. The van der Waals surface area contributed by atoms with Gasteiger partial charge in [-0.25, -0.2) is 15.0 Å². The van der Waals surface area contributed by atoms with Gasteiger partial charge >= 0.3 is 0 Å². The average Bonchev–Trinajstić information content (AvgIpc) is 3.38. The monoisotopic (exact) mass is 544 g/mol. The number of aryl methyl sites for hydroxylation is 1. The third-order valence-electron chi connectivity index (χ3n) is 6.03. The second-order valence-corrected chi connectivity index (χ2v) is 11.3. The van der Waals surface area contributed by atoms with Crippen molar-refractivity contribution in [3.8, 4) is 0 Å². The Morgan fingerprint density at radius 3 is 2.79 bits per heavy atom. The number of hydrogen-bond acceptors (Lipinski definition) is 7. The minimum atomic E-state index is 0.0338. The van der Waals surface area contributed by atoms with Gasteiger partial charge in [0.1, 0.15) is 10.8 Å². The molecule has 9 heteroatoms. The number of halogens is 1. The Bertz CT molecular complexity index is 1150. The van der Waals surface area contributed by atoms with Gasteiger partial charge in [0.05, 0.1) is 16.3 Å². The molecule has 0 saturated heterocycles. The molecule has 2 aliphatic rings. The van der Waals surface area contributed by atoms with Crippen LogP contribution in [0.4, 0.5) is 5.00 Å². The number of thiophene rings is 1. The van der Waals surface area contributed by atoms with Crippen molar-refractivity contribution < 1.29 is 9.21 Å². The number of carbonyl (C=O) groups excluding carboxylic acids is 1. The first-order valence-corrected chi connectivity index (χ1v) is 13.8. The summed E-state index contributed by atoms with van der Waals surface area (Å²) >= 11 is 6.54. The third kappa shape index (κ3) is 5.41. The number of rotatable bonds is 6. The number of furan rings is 1. The van der Waals surface area contributed by atoms with Crippen LogP contribution in [0.2, 0.25) is 0 Å². The van der Waals surface area contributed by atoms with E-state index in [1.807, 2.05) is 6.07 Å². The van der Waals surface area contributed by atoms with Crippen molar-refractivity contribution in [2.45, 2.75) is 74.1 Å². The van der Waals surface area contributed by atoms with E-state index >= 15 is 0 Å². The predicted molar refractivity (Wildman–Crippen MR) is 135 cm³/mol. The normalized spacial score (nSPS) is 16.8. The zero-order valence-corrected chi connectivity index (χ0v) is 21.4. The van der Waals surface area contributed by atoms with E-state index in [1.165, 1.54) is 47.9 Å². The first-order valence-electron chi connectivity index (χ1n) is 11.4. The van der Waals surface area contributed by atoms with Crippen LogP contribution in [-0.2, 0) is 12.8 Å². The number of amides is 1. The lowest BCUT2D eigenvalue weighted by molar-refractivity contribution is 0.0927. The van der Waals surface area contributed by atoms with Crippen LogP contribution in [0.5, 0.6) is 0 Å². The van der Waals surface area contributed by atoms with Crippen molar-refractivity contribution in [2.24, 2.45) is 4.99 Å². The first-order chi connectivity index (χ1) is 16.2. The Labute approximate surface area is 209 Å². The molecule has 172 valence electrons. The molecule has 1 N–H and O–H groups in total. The topological polar surface area (TPSA) is 80.4 Å². The van der Waals surface area contributed by atoms with Gasteiger partial charge in [0, 0.05) is 29.4 Å². The maximum absolute atomic E-state index is 13.3. The lowest BCUT2D eigenvalue weighted by Crippen LogP contribution is -2.36. The van der Waals surface area contributed by atoms with Gasteiger partial charge in [-0.1, -0.05) is 19.3 Å². The van der Waals surface area contributed by atoms with Crippen LogP contribution < -0.4 is 5.32 Å². The highest BCUT2D eigenvalue weighted by Crippen LogP contribution is 2.40. The van der Waals surface area contributed by atoms with Gasteiger partial charge in [-0.15, -0.1) is 11.3 Å². The summed E-state index contributed by atoms with van der Waals surface area (Å²) in [5, 5.41) is 5.36. The lowest BCUT2D eigenvalue weighted by Gasteiger charge is -2.23. The fourth-order valence-corrected chi connectivity index (χ4v) is 6.89. The second kappa shape index (κ2) is 10.5. The number of aromatic nitrogens is 2. The minimum absolute atomic E-state index is 0.0338. The first kappa shape index (κ1) is 22.8. The molecule has 1 fully saturated rings. The molecule has 2 aliphatic carbocycles. The van der Waals surface area contributed by atoms with Crippen LogP contribution in [0.25, 0.3) is 0 Å². The van der Waals surface area contributed by atoms with Gasteiger partial charge in [0.15, 0.2) is 10.2 Å². The Morgan fingerprint density at radius 1 is 1.18 bits per heavy atom. The van der Waals surface area contributed by atoms with Crippen molar-refractivity contribution >= 4 is 56.2 Å². The summed E-state index contributed by atoms with van der Waals surface area (Å²) in [6, 6.07) is 3.94. The molecule has 0 radical (unpaired) electrons. The molecule has 0 atom stereocenters. The van der Waals surface area contributed by atoms with E-state index in [2.05, 4.69) is 31.2 Å². The molecule has 0 spiro atoms. The van der Waals surface area contributed by atoms with Crippen LogP contribution in [0.1, 0.15) is 71.5 Å². The highest BCUT2D eigenvalue weighted by molar-refractivity contribution is 9.10. The maximum atomic E-state index is 13.3. The van der Waals surface area contributed by atoms with Crippen LogP contribution in [0.15, 0.2) is 48.7 Å². The maximum Gasteiger partial charge on any atom is 0.254 e. The van der Waals surface area contributed by atoms with Crippen LogP contribution >= 0.6 is 39.0 Å². The number of aliphatic imine (C=N–C) groups is 1. The summed E-state index contributed by atoms with van der Waals surface area (Å²) in [6.07, 6.45) is 15.2. The summed E-state index contributed by atoms with van der Waals surface area (Å²) < 4.78 is 6.78. The van der Waals surface area contributed by atoms with Crippen LogP contribution in [0.3, 0.4) is 0 Å². The molecule has 3 heterocycles. The van der Waals surface area contributed by atoms with Gasteiger partial charge in [0.2, 0.25) is 0 Å². The summed E-state index contributed by atoms with van der Waals surface area (Å²) in [6.45, 7) is 0. The smallest absolute Gasteiger partial charge is 0.254 e. The standard InChI is InChI=1S/C24H25BrN4O2S2/c25-18-13-16(31-23(18)33-24-26-11-6-12-27-24)14-28-22-20(17-9-4-5-10-19(17)32-22)21(30)29-15-7-2-1-3-8-15/h6,11-15H,1-5,7-10H2,(H,29,30). The van der Waals surface area contributed by atoms with E-state index in [4.69, 9.17) is 9.41 Å². The van der Waals surface area contributed by atoms with E-state index in [1.54, 1.807) is 36.0 Å². The molecule has 33 heavy (non-hydrogen) atoms. The summed E-state index contributed by atoms with van der Waals surface area (Å²) in [5.74, 6) is 0.650. The largest absolute Gasteiger partial charge is 0.447 e. The van der Waals surface area contributed by atoms with Crippen molar-refractivity contribution in [3.63, 3.8) is 0 Å². The zero-order valence-electron chi connectivity index (χ0n) is 18.2. The Hall–Kier alpha value is -1.97. The van der Waals surface area contributed by atoms with E-state index in [9.17, 15) is 4.79 Å². The summed E-state index contributed by atoms with van der Waals surface area (Å²) in [7, 11) is 0. The van der Waals surface area contributed by atoms with Crippen molar-refractivity contribution in [3.05, 3.63) is 50.8 Å². The van der Waals surface area contributed by atoms with Gasteiger partial charge in [-0.2, -0.15) is 0 Å². The van der Waals surface area contributed by atoms with Crippen molar-refractivity contribution in [1.82, 2.24) is 15.3 Å². The average molecular weight is 546 g/mol. The van der Waals surface area contributed by atoms with Crippen molar-refractivity contribution in [1.29, 1.82) is 0 Å². The zero-order chi connectivity index (χ0) is 22.6. The van der Waals surface area contributed by atoms with Crippen LogP contribution in [0, 0.1) is 0 Å².